The summed E-state index contributed by atoms with van der Waals surface area (Å²) in [6.45, 7) is 1.08. The van der Waals surface area contributed by atoms with Gasteiger partial charge in [0.15, 0.2) is 5.76 Å². The van der Waals surface area contributed by atoms with Gasteiger partial charge in [0.25, 0.3) is 11.5 Å². The van der Waals surface area contributed by atoms with Crippen LogP contribution >= 0.6 is 11.3 Å². The van der Waals surface area contributed by atoms with Crippen molar-refractivity contribution in [2.24, 2.45) is 0 Å². The minimum Gasteiger partial charge on any atom is -0.467 e. The fourth-order valence-electron chi connectivity index (χ4n) is 2.87. The molecule has 0 aliphatic rings. The molecule has 6 nitrogen and oxygen atoms in total. The molecule has 4 aromatic heterocycles. The monoisotopic (exact) mass is 394 g/mol. The second-order valence-corrected chi connectivity index (χ2v) is 7.28. The Bertz CT molecular complexity index is 1060. The molecule has 4 heterocycles. The Morgan fingerprint density at radius 1 is 1.00 bits per heavy atom. The quantitative estimate of drug-likeness (QED) is 0.475. The van der Waals surface area contributed by atoms with E-state index in [1.54, 1.807) is 59.0 Å². The predicted octanol–water partition coefficient (Wildman–Crippen LogP) is 3.99. The molecule has 0 atom stereocenters. The van der Waals surface area contributed by atoms with Crippen LogP contribution in [-0.2, 0) is 19.6 Å². The van der Waals surface area contributed by atoms with E-state index in [9.17, 15) is 9.59 Å². The van der Waals surface area contributed by atoms with E-state index >= 15 is 0 Å². The highest BCUT2D eigenvalue weighted by atomic mass is 32.1. The summed E-state index contributed by atoms with van der Waals surface area (Å²) in [6, 6.07) is 15.9. The van der Waals surface area contributed by atoms with Gasteiger partial charge in [-0.3, -0.25) is 9.59 Å². The SMILES string of the molecule is O=C(c1ccc(Cn2ccccc2=O)o1)N(Cc1ccco1)Cc1cccs1. The summed E-state index contributed by atoms with van der Waals surface area (Å²) in [7, 11) is 0. The third-order valence-electron chi connectivity index (χ3n) is 4.24. The van der Waals surface area contributed by atoms with Crippen molar-refractivity contribution < 1.29 is 13.6 Å². The van der Waals surface area contributed by atoms with Gasteiger partial charge in [-0.1, -0.05) is 12.1 Å². The molecule has 1 amide bonds. The molecule has 0 bridgehead atoms. The number of rotatable bonds is 7. The lowest BCUT2D eigenvalue weighted by molar-refractivity contribution is 0.0685. The summed E-state index contributed by atoms with van der Waals surface area (Å²) in [5.41, 5.74) is -0.121. The van der Waals surface area contributed by atoms with E-state index < -0.39 is 0 Å². The van der Waals surface area contributed by atoms with Crippen LogP contribution in [0.1, 0.15) is 27.0 Å². The second kappa shape index (κ2) is 8.14. The zero-order valence-corrected chi connectivity index (χ0v) is 15.8. The molecule has 0 aliphatic carbocycles. The third kappa shape index (κ3) is 4.15. The van der Waals surface area contributed by atoms with Crippen molar-refractivity contribution in [2.45, 2.75) is 19.6 Å². The van der Waals surface area contributed by atoms with Gasteiger partial charge in [0, 0.05) is 17.1 Å². The van der Waals surface area contributed by atoms with Crippen molar-refractivity contribution in [3.63, 3.8) is 0 Å². The van der Waals surface area contributed by atoms with Gasteiger partial charge in [-0.25, -0.2) is 0 Å². The van der Waals surface area contributed by atoms with E-state index in [0.717, 1.165) is 4.88 Å². The molecule has 0 saturated carbocycles. The summed E-state index contributed by atoms with van der Waals surface area (Å²) in [6.07, 6.45) is 3.28. The average Bonchev–Trinajstić information content (AvgIpc) is 3.45. The Morgan fingerprint density at radius 3 is 2.68 bits per heavy atom. The van der Waals surface area contributed by atoms with Crippen molar-refractivity contribution in [2.75, 3.05) is 0 Å². The van der Waals surface area contributed by atoms with Gasteiger partial charge in [-0.2, -0.15) is 0 Å². The minimum atomic E-state index is -0.226. The number of carbonyl (C=O) groups excluding carboxylic acids is 1. The van der Waals surface area contributed by atoms with Crippen LogP contribution in [0.25, 0.3) is 0 Å². The van der Waals surface area contributed by atoms with Crippen LogP contribution in [0.5, 0.6) is 0 Å². The molecule has 4 rings (SSSR count). The second-order valence-electron chi connectivity index (χ2n) is 6.25. The first-order chi connectivity index (χ1) is 13.7. The van der Waals surface area contributed by atoms with Crippen molar-refractivity contribution >= 4 is 17.2 Å². The van der Waals surface area contributed by atoms with Crippen molar-refractivity contribution in [3.05, 3.63) is 105 Å². The molecule has 0 aliphatic heterocycles. The molecule has 0 fully saturated rings. The van der Waals surface area contributed by atoms with Crippen LogP contribution in [-0.4, -0.2) is 15.4 Å². The van der Waals surface area contributed by atoms with E-state index in [1.165, 1.54) is 10.6 Å². The zero-order valence-electron chi connectivity index (χ0n) is 15.0. The Morgan fingerprint density at radius 2 is 1.93 bits per heavy atom. The Kier molecular flexibility index (Phi) is 5.25. The fourth-order valence-corrected chi connectivity index (χ4v) is 3.59. The number of furan rings is 2. The van der Waals surface area contributed by atoms with Crippen molar-refractivity contribution in [1.82, 2.24) is 9.47 Å². The number of thiophene rings is 1. The molecule has 7 heteroatoms. The van der Waals surface area contributed by atoms with E-state index in [4.69, 9.17) is 8.83 Å². The van der Waals surface area contributed by atoms with E-state index in [2.05, 4.69) is 0 Å². The zero-order chi connectivity index (χ0) is 19.3. The maximum Gasteiger partial charge on any atom is 0.290 e. The highest BCUT2D eigenvalue weighted by Gasteiger charge is 2.21. The van der Waals surface area contributed by atoms with Crippen molar-refractivity contribution in [1.29, 1.82) is 0 Å². The molecule has 0 spiro atoms. The fraction of sp³-hybridized carbons (Fsp3) is 0.143. The van der Waals surface area contributed by atoms with Crippen LogP contribution in [0.15, 0.2) is 86.1 Å². The molecule has 142 valence electrons. The molecule has 28 heavy (non-hydrogen) atoms. The molecule has 4 aromatic rings. The van der Waals surface area contributed by atoms with Gasteiger partial charge < -0.3 is 18.3 Å². The van der Waals surface area contributed by atoms with Gasteiger partial charge in [0.1, 0.15) is 11.5 Å². The van der Waals surface area contributed by atoms with Gasteiger partial charge in [0.2, 0.25) is 0 Å². The third-order valence-corrected chi connectivity index (χ3v) is 5.10. The predicted molar refractivity (Wildman–Crippen MR) is 105 cm³/mol. The summed E-state index contributed by atoms with van der Waals surface area (Å²) < 4.78 is 12.7. The van der Waals surface area contributed by atoms with Crippen LogP contribution in [0.3, 0.4) is 0 Å². The van der Waals surface area contributed by atoms with Gasteiger partial charge >= 0.3 is 0 Å². The number of amides is 1. The van der Waals surface area contributed by atoms with Gasteiger partial charge in [0.05, 0.1) is 25.9 Å². The molecule has 0 unspecified atom stereocenters. The van der Waals surface area contributed by atoms with Crippen LogP contribution < -0.4 is 5.56 Å². The van der Waals surface area contributed by atoms with Gasteiger partial charge in [-0.15, -0.1) is 11.3 Å². The number of nitrogens with zero attached hydrogens (tertiary/aromatic N) is 2. The maximum atomic E-state index is 13.1. The molecular formula is C21H18N2O4S. The number of aromatic nitrogens is 1. The lowest BCUT2D eigenvalue weighted by atomic mass is 10.3. The van der Waals surface area contributed by atoms with Crippen molar-refractivity contribution in [3.8, 4) is 0 Å². The molecular weight excluding hydrogens is 376 g/mol. The Labute approximate surface area is 165 Å². The standard InChI is InChI=1S/C21H18N2O4S/c24-20-7-1-2-10-22(20)14-17-8-9-19(27-17)21(25)23(13-16-5-3-11-26-16)15-18-6-4-12-28-18/h1-12H,13-15H2. The van der Waals surface area contributed by atoms with Crippen LogP contribution in [0.2, 0.25) is 0 Å². The lowest BCUT2D eigenvalue weighted by Gasteiger charge is -2.19. The van der Waals surface area contributed by atoms with Gasteiger partial charge in [-0.05, 0) is 41.8 Å². The number of pyridine rings is 1. The smallest absolute Gasteiger partial charge is 0.290 e. The van der Waals surface area contributed by atoms with E-state index in [0.29, 0.717) is 24.6 Å². The first-order valence-corrected chi connectivity index (χ1v) is 9.65. The number of hydrogen-bond acceptors (Lipinski definition) is 5. The van der Waals surface area contributed by atoms with Crippen LogP contribution in [0, 0.1) is 0 Å². The largest absolute Gasteiger partial charge is 0.467 e. The summed E-state index contributed by atoms with van der Waals surface area (Å²) in [5, 5.41) is 1.98. The summed E-state index contributed by atoms with van der Waals surface area (Å²) >= 11 is 1.59. The lowest BCUT2D eigenvalue weighted by Crippen LogP contribution is -2.29. The molecule has 0 saturated heterocycles. The molecule has 0 radical (unpaired) electrons. The maximum absolute atomic E-state index is 13.1. The summed E-state index contributed by atoms with van der Waals surface area (Å²) in [4.78, 5) is 27.7. The number of hydrogen-bond donors (Lipinski definition) is 0. The number of carbonyl (C=O) groups is 1. The Hall–Kier alpha value is -3.32. The summed E-state index contributed by atoms with van der Waals surface area (Å²) in [5.74, 6) is 1.26. The van der Waals surface area contributed by atoms with E-state index in [1.807, 2.05) is 23.6 Å². The highest BCUT2D eigenvalue weighted by molar-refractivity contribution is 7.09. The first kappa shape index (κ1) is 18.1. The van der Waals surface area contributed by atoms with Crippen LogP contribution in [0.4, 0.5) is 0 Å². The highest BCUT2D eigenvalue weighted by Crippen LogP contribution is 2.19. The topological polar surface area (TPSA) is 68.6 Å². The average molecular weight is 394 g/mol. The minimum absolute atomic E-state index is 0.121. The first-order valence-electron chi connectivity index (χ1n) is 8.77. The Balaban J connectivity index is 1.53. The molecule has 0 aromatic carbocycles. The molecule has 0 N–H and O–H groups in total. The van der Waals surface area contributed by atoms with E-state index in [-0.39, 0.29) is 23.8 Å². The normalized spacial score (nSPS) is 10.9.